The lowest BCUT2D eigenvalue weighted by atomic mass is 10.0. The first-order chi connectivity index (χ1) is 17.1. The van der Waals surface area contributed by atoms with Crippen LogP contribution in [0.1, 0.15) is 43.0 Å². The molecule has 1 aliphatic carbocycles. The highest BCUT2D eigenvalue weighted by atomic mass is 16.7. The van der Waals surface area contributed by atoms with E-state index in [-0.39, 0.29) is 24.6 Å². The van der Waals surface area contributed by atoms with Crippen LogP contribution < -0.4 is 19.5 Å². The summed E-state index contributed by atoms with van der Waals surface area (Å²) in [7, 11) is 0. The van der Waals surface area contributed by atoms with Gasteiger partial charge in [0.15, 0.2) is 11.5 Å². The number of aromatic amines is 1. The fourth-order valence-corrected chi connectivity index (χ4v) is 4.69. The summed E-state index contributed by atoms with van der Waals surface area (Å²) in [6.45, 7) is 3.63. The van der Waals surface area contributed by atoms with Crippen molar-refractivity contribution in [1.29, 1.82) is 0 Å². The second kappa shape index (κ2) is 8.75. The molecule has 0 atom stereocenters. The number of carbonyl (C=O) groups is 2. The van der Waals surface area contributed by atoms with Crippen LogP contribution in [0.15, 0.2) is 24.7 Å². The van der Waals surface area contributed by atoms with Gasteiger partial charge in [-0.3, -0.25) is 9.59 Å². The lowest BCUT2D eigenvalue weighted by Crippen LogP contribution is -2.45. The van der Waals surface area contributed by atoms with Crippen molar-refractivity contribution >= 4 is 22.8 Å². The maximum absolute atomic E-state index is 13.1. The summed E-state index contributed by atoms with van der Waals surface area (Å²) in [6.07, 6.45) is 6.93. The second-order valence-electron chi connectivity index (χ2n) is 9.33. The van der Waals surface area contributed by atoms with E-state index >= 15 is 0 Å². The highest BCUT2D eigenvalue weighted by molar-refractivity contribution is 6.08. The van der Waals surface area contributed by atoms with Crippen molar-refractivity contribution in [3.05, 3.63) is 30.2 Å². The number of hydrogen-bond donors (Lipinski definition) is 2. The molecule has 1 saturated heterocycles. The van der Waals surface area contributed by atoms with Crippen LogP contribution in [0.5, 0.6) is 17.2 Å². The molecule has 10 nitrogen and oxygen atoms in total. The zero-order valence-electron chi connectivity index (χ0n) is 19.5. The summed E-state index contributed by atoms with van der Waals surface area (Å²) in [5, 5.41) is 3.10. The molecule has 2 amide bonds. The van der Waals surface area contributed by atoms with Gasteiger partial charge in [-0.15, -0.1) is 0 Å². The van der Waals surface area contributed by atoms with Crippen molar-refractivity contribution in [2.75, 3.05) is 26.5 Å². The van der Waals surface area contributed by atoms with Crippen LogP contribution in [0.3, 0.4) is 0 Å². The molecule has 0 radical (unpaired) electrons. The van der Waals surface area contributed by atoms with E-state index in [9.17, 15) is 9.59 Å². The molecule has 182 valence electrons. The first-order valence-corrected chi connectivity index (χ1v) is 12.0. The number of ether oxygens (including phenoxy) is 3. The topological polar surface area (TPSA) is 119 Å². The lowest BCUT2D eigenvalue weighted by Gasteiger charge is -2.31. The van der Waals surface area contributed by atoms with Gasteiger partial charge in [-0.25, -0.2) is 9.97 Å². The lowest BCUT2D eigenvalue weighted by molar-refractivity contribution is -0.129. The molecule has 2 aliphatic heterocycles. The smallest absolute Gasteiger partial charge is 0.255 e. The summed E-state index contributed by atoms with van der Waals surface area (Å²) < 4.78 is 17.5. The molecule has 1 saturated carbocycles. The zero-order valence-corrected chi connectivity index (χ0v) is 19.5. The molecule has 4 heterocycles. The molecule has 0 unspecified atom stereocenters. The van der Waals surface area contributed by atoms with E-state index in [0.29, 0.717) is 70.7 Å². The standard InChI is InChI=1S/C25H27N5O5/c1-14(31)30-8-6-16(7-9-30)29-25(32)17-10-26-23-21(17)27-12-28-22(23)20-18(33-11-15-2-3-15)4-5-19-24(20)35-13-34-19/h4-5,10,12,15-16,26H,2-3,6-9,11,13H2,1H3,(H,29,32). The third-order valence-electron chi connectivity index (χ3n) is 6.89. The predicted molar refractivity (Wildman–Crippen MR) is 126 cm³/mol. The number of likely N-dealkylation sites (tertiary alicyclic amines) is 1. The van der Waals surface area contributed by atoms with Gasteiger partial charge in [0.2, 0.25) is 12.7 Å². The van der Waals surface area contributed by atoms with E-state index in [2.05, 4.69) is 20.3 Å². The van der Waals surface area contributed by atoms with Gasteiger partial charge in [0, 0.05) is 32.3 Å². The molecule has 1 aromatic carbocycles. The summed E-state index contributed by atoms with van der Waals surface area (Å²) in [5.74, 6) is 2.33. The predicted octanol–water partition coefficient (Wildman–Crippen LogP) is 2.88. The third kappa shape index (κ3) is 4.13. The first kappa shape index (κ1) is 21.7. The Morgan fingerprint density at radius 1 is 1.17 bits per heavy atom. The Labute approximate surface area is 202 Å². The minimum absolute atomic E-state index is 0.00901. The van der Waals surface area contributed by atoms with E-state index < -0.39 is 0 Å². The van der Waals surface area contributed by atoms with Crippen molar-refractivity contribution in [3.63, 3.8) is 0 Å². The van der Waals surface area contributed by atoms with Crippen molar-refractivity contribution < 1.29 is 23.8 Å². The van der Waals surface area contributed by atoms with Gasteiger partial charge in [0.05, 0.1) is 23.3 Å². The van der Waals surface area contributed by atoms with Crippen LogP contribution in [0, 0.1) is 5.92 Å². The van der Waals surface area contributed by atoms with Gasteiger partial charge in [-0.05, 0) is 43.7 Å². The number of fused-ring (bicyclic) bond motifs is 2. The Morgan fingerprint density at radius 2 is 2.00 bits per heavy atom. The first-order valence-electron chi connectivity index (χ1n) is 12.0. The van der Waals surface area contributed by atoms with E-state index in [4.69, 9.17) is 14.2 Å². The Balaban J connectivity index is 1.30. The highest BCUT2D eigenvalue weighted by Gasteiger charge is 2.29. The fourth-order valence-electron chi connectivity index (χ4n) is 4.69. The van der Waals surface area contributed by atoms with E-state index in [1.807, 2.05) is 12.1 Å². The molecule has 35 heavy (non-hydrogen) atoms. The molecule has 0 spiro atoms. The SMILES string of the molecule is CC(=O)N1CCC(NC(=O)c2c[nH]c3c(-c4c(OCC5CC5)ccc5c4OCO5)ncnc23)CC1. The van der Waals surface area contributed by atoms with Crippen LogP contribution in [0.25, 0.3) is 22.3 Å². The van der Waals surface area contributed by atoms with Crippen LogP contribution >= 0.6 is 0 Å². The van der Waals surface area contributed by atoms with Crippen molar-refractivity contribution in [1.82, 2.24) is 25.2 Å². The number of rotatable bonds is 6. The number of benzene rings is 1. The number of carbonyl (C=O) groups excluding carboxylic acids is 2. The number of hydrogen-bond acceptors (Lipinski definition) is 7. The van der Waals surface area contributed by atoms with Crippen LogP contribution in [0.2, 0.25) is 0 Å². The van der Waals surface area contributed by atoms with Crippen LogP contribution in [0.4, 0.5) is 0 Å². The molecule has 2 fully saturated rings. The summed E-state index contributed by atoms with van der Waals surface area (Å²) >= 11 is 0. The number of nitrogens with zero attached hydrogens (tertiary/aromatic N) is 3. The van der Waals surface area contributed by atoms with E-state index in [1.165, 1.54) is 19.2 Å². The minimum Gasteiger partial charge on any atom is -0.492 e. The number of nitrogens with one attached hydrogen (secondary N) is 2. The molecule has 3 aromatic rings. The Morgan fingerprint density at radius 3 is 2.77 bits per heavy atom. The molecule has 2 aromatic heterocycles. The molecule has 6 rings (SSSR count). The van der Waals surface area contributed by atoms with Gasteiger partial charge in [0.25, 0.3) is 5.91 Å². The summed E-state index contributed by atoms with van der Waals surface area (Å²) in [6, 6.07) is 3.73. The quantitative estimate of drug-likeness (QED) is 0.560. The van der Waals surface area contributed by atoms with Gasteiger partial charge in [0.1, 0.15) is 23.3 Å². The van der Waals surface area contributed by atoms with Crippen molar-refractivity contribution in [3.8, 4) is 28.5 Å². The van der Waals surface area contributed by atoms with Gasteiger partial charge >= 0.3 is 0 Å². The van der Waals surface area contributed by atoms with Crippen LogP contribution in [-0.4, -0.2) is 64.2 Å². The number of aromatic nitrogens is 3. The van der Waals surface area contributed by atoms with E-state index in [1.54, 1.807) is 18.0 Å². The zero-order chi connectivity index (χ0) is 23.9. The number of amides is 2. The maximum Gasteiger partial charge on any atom is 0.255 e. The Bertz CT molecular complexity index is 1290. The normalized spacial score (nSPS) is 17.6. The molecule has 2 N–H and O–H groups in total. The largest absolute Gasteiger partial charge is 0.492 e. The van der Waals surface area contributed by atoms with Gasteiger partial charge < -0.3 is 29.4 Å². The molecule has 0 bridgehead atoms. The van der Waals surface area contributed by atoms with E-state index in [0.717, 1.165) is 12.8 Å². The highest BCUT2D eigenvalue weighted by Crippen LogP contribution is 2.48. The summed E-state index contributed by atoms with van der Waals surface area (Å²) in [4.78, 5) is 38.7. The Kier molecular flexibility index (Phi) is 5.43. The van der Waals surface area contributed by atoms with Crippen molar-refractivity contribution in [2.45, 2.75) is 38.6 Å². The molecule has 10 heteroatoms. The molecular weight excluding hydrogens is 450 g/mol. The van der Waals surface area contributed by atoms with Gasteiger partial charge in [-0.2, -0.15) is 0 Å². The second-order valence-corrected chi connectivity index (χ2v) is 9.33. The number of piperidine rings is 1. The average Bonchev–Trinajstić information content (AvgIpc) is 3.38. The Hall–Kier alpha value is -3.82. The maximum atomic E-state index is 13.1. The third-order valence-corrected chi connectivity index (χ3v) is 6.89. The molecular formula is C25H27N5O5. The van der Waals surface area contributed by atoms with Crippen LogP contribution in [-0.2, 0) is 4.79 Å². The average molecular weight is 478 g/mol. The van der Waals surface area contributed by atoms with Gasteiger partial charge in [-0.1, -0.05) is 0 Å². The minimum atomic E-state index is -0.203. The monoisotopic (exact) mass is 477 g/mol. The molecule has 3 aliphatic rings. The number of H-pyrrole nitrogens is 1. The van der Waals surface area contributed by atoms with Crippen molar-refractivity contribution in [2.24, 2.45) is 5.92 Å². The summed E-state index contributed by atoms with van der Waals surface area (Å²) in [5.41, 5.74) is 2.89. The fraction of sp³-hybridized carbons (Fsp3) is 0.440.